The summed E-state index contributed by atoms with van der Waals surface area (Å²) >= 11 is 0. The highest BCUT2D eigenvalue weighted by Gasteiger charge is 2.60. The molecule has 4 aliphatic carbocycles. The van der Waals surface area contributed by atoms with E-state index in [9.17, 15) is 9.90 Å². The third kappa shape index (κ3) is 3.16. The fraction of sp³-hybridized carbons (Fsp3) is 0.958. The summed E-state index contributed by atoms with van der Waals surface area (Å²) in [6.45, 7) is 7.43. The molecule has 4 saturated carbocycles. The summed E-state index contributed by atoms with van der Waals surface area (Å²) in [6, 6.07) is 0. The molecule has 154 valence electrons. The van der Waals surface area contributed by atoms with Crippen LogP contribution in [0.4, 0.5) is 0 Å². The van der Waals surface area contributed by atoms with Crippen LogP contribution < -0.4 is 0 Å². The molecule has 0 heterocycles. The van der Waals surface area contributed by atoms with Gasteiger partial charge in [-0.05, 0) is 111 Å². The highest BCUT2D eigenvalue weighted by atomic mass is 16.4. The molecule has 0 aliphatic heterocycles. The van der Waals surface area contributed by atoms with E-state index in [1.54, 1.807) is 0 Å². The highest BCUT2D eigenvalue weighted by Crippen LogP contribution is 2.68. The smallest absolute Gasteiger partial charge is 0.303 e. The summed E-state index contributed by atoms with van der Waals surface area (Å²) in [5.74, 6) is 3.91. The van der Waals surface area contributed by atoms with Crippen LogP contribution in [0.25, 0.3) is 0 Å². The number of fused-ring (bicyclic) bond motifs is 5. The number of carboxylic acid groups (broad SMARTS) is 1. The van der Waals surface area contributed by atoms with Crippen LogP contribution in [0.1, 0.15) is 91.4 Å². The molecule has 0 spiro atoms. The molecule has 0 radical (unpaired) electrons. The monoisotopic (exact) mass is 376 g/mol. The van der Waals surface area contributed by atoms with Crippen LogP contribution in [0, 0.1) is 46.3 Å². The fourth-order valence-electron chi connectivity index (χ4n) is 8.76. The first-order valence-corrected chi connectivity index (χ1v) is 11.7. The van der Waals surface area contributed by atoms with Gasteiger partial charge in [-0.25, -0.2) is 0 Å². The minimum atomic E-state index is -0.643. The van der Waals surface area contributed by atoms with Crippen LogP contribution in [0.3, 0.4) is 0 Å². The van der Waals surface area contributed by atoms with Gasteiger partial charge < -0.3 is 10.2 Å². The number of aliphatic carboxylic acids is 1. The van der Waals surface area contributed by atoms with E-state index in [0.717, 1.165) is 42.9 Å². The second kappa shape index (κ2) is 7.04. The molecule has 3 heteroatoms. The number of aliphatic hydroxyl groups is 1. The van der Waals surface area contributed by atoms with E-state index in [1.165, 1.54) is 44.9 Å². The van der Waals surface area contributed by atoms with Gasteiger partial charge in [-0.2, -0.15) is 0 Å². The van der Waals surface area contributed by atoms with E-state index >= 15 is 0 Å². The Hall–Kier alpha value is -0.570. The molecule has 4 fully saturated rings. The van der Waals surface area contributed by atoms with Crippen LogP contribution >= 0.6 is 0 Å². The largest absolute Gasteiger partial charge is 0.481 e. The maximum Gasteiger partial charge on any atom is 0.303 e. The summed E-state index contributed by atoms with van der Waals surface area (Å²) in [7, 11) is 0. The van der Waals surface area contributed by atoms with Crippen LogP contribution in [0.2, 0.25) is 0 Å². The van der Waals surface area contributed by atoms with Crippen molar-refractivity contribution in [2.75, 3.05) is 0 Å². The van der Waals surface area contributed by atoms with Crippen molar-refractivity contribution in [3.63, 3.8) is 0 Å². The maximum absolute atomic E-state index is 11.0. The normalized spacial score (nSPS) is 50.4. The van der Waals surface area contributed by atoms with Crippen LogP contribution in [-0.2, 0) is 4.79 Å². The molecule has 9 atom stereocenters. The molecule has 4 aliphatic rings. The molecule has 27 heavy (non-hydrogen) atoms. The van der Waals surface area contributed by atoms with Crippen LogP contribution in [0.5, 0.6) is 0 Å². The standard InChI is InChI=1S/C24H40O3/c1-15(4-9-22(26)27)19-7-8-20-18-6-5-16-14-17(25)10-12-23(16,2)21(18)11-13-24(19,20)3/h15-21,25H,4-14H2,1-3H3,(H,26,27)/t15-,16?,17-,18?,19-,20?,21?,23?,24-/m1/s1. The molecular weight excluding hydrogens is 336 g/mol. The van der Waals surface area contributed by atoms with Gasteiger partial charge in [0, 0.05) is 6.42 Å². The van der Waals surface area contributed by atoms with Crippen molar-refractivity contribution >= 4 is 5.97 Å². The van der Waals surface area contributed by atoms with Crippen molar-refractivity contribution in [1.29, 1.82) is 0 Å². The van der Waals surface area contributed by atoms with Crippen molar-refractivity contribution in [3.05, 3.63) is 0 Å². The Morgan fingerprint density at radius 2 is 1.70 bits per heavy atom. The zero-order valence-electron chi connectivity index (χ0n) is 17.6. The molecule has 5 unspecified atom stereocenters. The van der Waals surface area contributed by atoms with Crippen molar-refractivity contribution in [3.8, 4) is 0 Å². The van der Waals surface area contributed by atoms with Gasteiger partial charge in [0.15, 0.2) is 0 Å². The average molecular weight is 377 g/mol. The van der Waals surface area contributed by atoms with E-state index in [0.29, 0.717) is 29.1 Å². The predicted molar refractivity (Wildman–Crippen MR) is 107 cm³/mol. The summed E-state index contributed by atoms with van der Waals surface area (Å²) in [5, 5.41) is 19.3. The topological polar surface area (TPSA) is 57.5 Å². The van der Waals surface area contributed by atoms with Gasteiger partial charge in [-0.15, -0.1) is 0 Å². The molecule has 0 amide bonds. The lowest BCUT2D eigenvalue weighted by Gasteiger charge is -2.61. The van der Waals surface area contributed by atoms with Crippen LogP contribution in [-0.4, -0.2) is 22.3 Å². The van der Waals surface area contributed by atoms with E-state index in [4.69, 9.17) is 5.11 Å². The zero-order valence-corrected chi connectivity index (χ0v) is 17.6. The first-order chi connectivity index (χ1) is 12.8. The molecule has 2 N–H and O–H groups in total. The van der Waals surface area contributed by atoms with Crippen LogP contribution in [0.15, 0.2) is 0 Å². The Morgan fingerprint density at radius 3 is 2.44 bits per heavy atom. The van der Waals surface area contributed by atoms with Crippen molar-refractivity contribution in [2.24, 2.45) is 46.3 Å². The quantitative estimate of drug-likeness (QED) is 0.680. The van der Waals surface area contributed by atoms with Crippen molar-refractivity contribution < 1.29 is 15.0 Å². The number of hydrogen-bond donors (Lipinski definition) is 2. The molecule has 4 rings (SSSR count). The Kier molecular flexibility index (Phi) is 5.15. The summed E-state index contributed by atoms with van der Waals surface area (Å²) < 4.78 is 0. The van der Waals surface area contributed by atoms with E-state index in [-0.39, 0.29) is 6.10 Å². The second-order valence-electron chi connectivity index (χ2n) is 11.2. The number of carboxylic acids is 1. The third-order valence-corrected chi connectivity index (χ3v) is 10.2. The van der Waals surface area contributed by atoms with Crippen molar-refractivity contribution in [1.82, 2.24) is 0 Å². The minimum Gasteiger partial charge on any atom is -0.481 e. The Morgan fingerprint density at radius 1 is 1.00 bits per heavy atom. The van der Waals surface area contributed by atoms with Crippen molar-refractivity contribution in [2.45, 2.75) is 97.5 Å². The Bertz CT molecular complexity index is 574. The Labute approximate surface area is 165 Å². The molecule has 0 bridgehead atoms. The highest BCUT2D eigenvalue weighted by molar-refractivity contribution is 5.66. The van der Waals surface area contributed by atoms with Gasteiger partial charge in [0.05, 0.1) is 6.10 Å². The predicted octanol–water partition coefficient (Wildman–Crippen LogP) is 5.51. The van der Waals surface area contributed by atoms with E-state index in [1.807, 2.05) is 0 Å². The molecule has 0 saturated heterocycles. The number of carbonyl (C=O) groups is 1. The van der Waals surface area contributed by atoms with E-state index in [2.05, 4.69) is 20.8 Å². The summed E-state index contributed by atoms with van der Waals surface area (Å²) in [4.78, 5) is 11.0. The molecule has 3 nitrogen and oxygen atoms in total. The minimum absolute atomic E-state index is 0.0561. The maximum atomic E-state index is 11.0. The van der Waals surface area contributed by atoms with Gasteiger partial charge in [0.2, 0.25) is 0 Å². The summed E-state index contributed by atoms with van der Waals surface area (Å²) in [5.41, 5.74) is 0.882. The summed E-state index contributed by atoms with van der Waals surface area (Å²) in [6.07, 6.45) is 12.4. The third-order valence-electron chi connectivity index (χ3n) is 10.2. The Balaban J connectivity index is 1.51. The number of aliphatic hydroxyl groups excluding tert-OH is 1. The number of hydrogen-bond acceptors (Lipinski definition) is 2. The van der Waals surface area contributed by atoms with Gasteiger partial charge >= 0.3 is 5.97 Å². The van der Waals surface area contributed by atoms with Gasteiger partial charge in [0.1, 0.15) is 0 Å². The lowest BCUT2D eigenvalue weighted by atomic mass is 9.44. The van der Waals surface area contributed by atoms with Gasteiger partial charge in [0.25, 0.3) is 0 Å². The molecular formula is C24H40O3. The fourth-order valence-corrected chi connectivity index (χ4v) is 8.76. The SMILES string of the molecule is C[C@H](CCC(=O)O)[C@H]1CCC2C3CCC4C[C@H](O)CCC4(C)C3CC[C@@]21C. The molecule has 0 aromatic heterocycles. The van der Waals surface area contributed by atoms with Gasteiger partial charge in [-0.1, -0.05) is 20.8 Å². The first kappa shape index (κ1) is 19.7. The zero-order chi connectivity index (χ0) is 19.4. The number of rotatable bonds is 4. The van der Waals surface area contributed by atoms with Gasteiger partial charge in [-0.3, -0.25) is 4.79 Å². The lowest BCUT2D eigenvalue weighted by Crippen LogP contribution is -2.54. The molecule has 0 aromatic carbocycles. The first-order valence-electron chi connectivity index (χ1n) is 11.7. The lowest BCUT2D eigenvalue weighted by molar-refractivity contribution is -0.138. The molecule has 0 aromatic rings. The average Bonchev–Trinajstić information content (AvgIpc) is 2.97. The second-order valence-corrected chi connectivity index (χ2v) is 11.2. The van der Waals surface area contributed by atoms with E-state index < -0.39 is 5.97 Å².